The van der Waals surface area contributed by atoms with E-state index in [1.807, 2.05) is 31.2 Å². The number of rotatable bonds is 2. The van der Waals surface area contributed by atoms with Gasteiger partial charge in [-0.25, -0.2) is 0 Å². The zero-order valence-electron chi connectivity index (χ0n) is 9.41. The van der Waals surface area contributed by atoms with Gasteiger partial charge in [-0.1, -0.05) is 29.8 Å². The van der Waals surface area contributed by atoms with Crippen molar-refractivity contribution in [3.05, 3.63) is 34.9 Å². The number of benzene rings is 1. The van der Waals surface area contributed by atoms with Crippen molar-refractivity contribution < 1.29 is 0 Å². The molecule has 0 aromatic heterocycles. The van der Waals surface area contributed by atoms with E-state index < -0.39 is 5.54 Å². The van der Waals surface area contributed by atoms with E-state index >= 15 is 0 Å². The summed E-state index contributed by atoms with van der Waals surface area (Å²) in [6, 6.07) is 10.1. The van der Waals surface area contributed by atoms with Gasteiger partial charge in [0.2, 0.25) is 0 Å². The van der Waals surface area contributed by atoms with Crippen molar-refractivity contribution in [2.24, 2.45) is 0 Å². The molecule has 1 fully saturated rings. The van der Waals surface area contributed by atoms with Crippen molar-refractivity contribution in [2.75, 3.05) is 13.1 Å². The topological polar surface area (TPSA) is 27.0 Å². The zero-order chi connectivity index (χ0) is 11.6. The van der Waals surface area contributed by atoms with Gasteiger partial charge in [-0.05, 0) is 38.9 Å². The molecule has 1 atom stereocenters. The lowest BCUT2D eigenvalue weighted by molar-refractivity contribution is 0.194. The summed E-state index contributed by atoms with van der Waals surface area (Å²) in [7, 11) is 0. The minimum atomic E-state index is -0.588. The maximum atomic E-state index is 9.47. The van der Waals surface area contributed by atoms with Gasteiger partial charge in [-0.3, -0.25) is 4.90 Å². The van der Waals surface area contributed by atoms with E-state index in [-0.39, 0.29) is 0 Å². The van der Waals surface area contributed by atoms with Crippen molar-refractivity contribution >= 4 is 11.6 Å². The molecule has 1 aromatic carbocycles. The van der Waals surface area contributed by atoms with Crippen LogP contribution in [-0.4, -0.2) is 18.0 Å². The Morgan fingerprint density at radius 1 is 1.31 bits per heavy atom. The van der Waals surface area contributed by atoms with Crippen molar-refractivity contribution in [3.63, 3.8) is 0 Å². The van der Waals surface area contributed by atoms with Gasteiger partial charge in [-0.2, -0.15) is 5.26 Å². The van der Waals surface area contributed by atoms with E-state index in [0.29, 0.717) is 5.02 Å². The standard InChI is InChI=1S/C13H15ClN2/c1-13(10-15,16-8-4-5-9-16)11-6-2-3-7-12(11)14/h2-3,6-7H,4-5,8-9H2,1H3. The van der Waals surface area contributed by atoms with Crippen LogP contribution < -0.4 is 0 Å². The van der Waals surface area contributed by atoms with Gasteiger partial charge in [0.1, 0.15) is 5.54 Å². The Kier molecular flexibility index (Phi) is 3.18. The molecule has 2 rings (SSSR count). The van der Waals surface area contributed by atoms with Gasteiger partial charge in [0.05, 0.1) is 6.07 Å². The molecule has 1 aliphatic heterocycles. The Hall–Kier alpha value is -1.04. The molecule has 2 nitrogen and oxygen atoms in total. The summed E-state index contributed by atoms with van der Waals surface area (Å²) in [4.78, 5) is 2.22. The SMILES string of the molecule is CC(C#N)(c1ccccc1Cl)N1CCCC1. The lowest BCUT2D eigenvalue weighted by Crippen LogP contribution is -2.41. The van der Waals surface area contributed by atoms with Crippen LogP contribution in [0.25, 0.3) is 0 Å². The van der Waals surface area contributed by atoms with Gasteiger partial charge in [0.15, 0.2) is 0 Å². The molecule has 3 heteroatoms. The summed E-state index contributed by atoms with van der Waals surface area (Å²) < 4.78 is 0. The maximum Gasteiger partial charge on any atom is 0.133 e. The van der Waals surface area contributed by atoms with Crippen LogP contribution in [0.2, 0.25) is 5.02 Å². The second kappa shape index (κ2) is 4.45. The van der Waals surface area contributed by atoms with E-state index in [2.05, 4.69) is 11.0 Å². The highest BCUT2D eigenvalue weighted by Crippen LogP contribution is 2.34. The highest BCUT2D eigenvalue weighted by molar-refractivity contribution is 6.31. The van der Waals surface area contributed by atoms with Crippen LogP contribution in [0.1, 0.15) is 25.3 Å². The Labute approximate surface area is 101 Å². The second-order valence-electron chi connectivity index (χ2n) is 4.36. The molecule has 1 saturated heterocycles. The molecule has 0 aliphatic carbocycles. The normalized spacial score (nSPS) is 20.3. The molecule has 1 unspecified atom stereocenters. The molecular formula is C13H15ClN2. The maximum absolute atomic E-state index is 9.47. The van der Waals surface area contributed by atoms with Gasteiger partial charge < -0.3 is 0 Å². The second-order valence-corrected chi connectivity index (χ2v) is 4.77. The summed E-state index contributed by atoms with van der Waals surface area (Å²) in [6.07, 6.45) is 2.34. The largest absolute Gasteiger partial charge is 0.282 e. The van der Waals surface area contributed by atoms with Crippen LogP contribution in [-0.2, 0) is 5.54 Å². The molecule has 16 heavy (non-hydrogen) atoms. The minimum absolute atomic E-state index is 0.588. The average molecular weight is 235 g/mol. The summed E-state index contributed by atoms with van der Waals surface area (Å²) in [5.41, 5.74) is 0.329. The van der Waals surface area contributed by atoms with E-state index in [4.69, 9.17) is 11.6 Å². The third kappa shape index (κ3) is 1.81. The monoisotopic (exact) mass is 234 g/mol. The fourth-order valence-electron chi connectivity index (χ4n) is 2.32. The van der Waals surface area contributed by atoms with Gasteiger partial charge in [-0.15, -0.1) is 0 Å². The third-order valence-electron chi connectivity index (χ3n) is 3.35. The quantitative estimate of drug-likeness (QED) is 0.786. The molecule has 0 spiro atoms. The van der Waals surface area contributed by atoms with Crippen molar-refractivity contribution in [1.82, 2.24) is 4.90 Å². The Morgan fingerprint density at radius 3 is 2.50 bits per heavy atom. The summed E-state index contributed by atoms with van der Waals surface area (Å²) in [5, 5.41) is 10.2. The summed E-state index contributed by atoms with van der Waals surface area (Å²) in [6.45, 7) is 3.92. The highest BCUT2D eigenvalue weighted by atomic mass is 35.5. The van der Waals surface area contributed by atoms with Crippen molar-refractivity contribution in [2.45, 2.75) is 25.3 Å². The van der Waals surface area contributed by atoms with Crippen LogP contribution in [0.15, 0.2) is 24.3 Å². The van der Waals surface area contributed by atoms with E-state index in [1.165, 1.54) is 12.8 Å². The lowest BCUT2D eigenvalue weighted by atomic mass is 9.92. The molecule has 0 saturated carbocycles. The number of halogens is 1. The smallest absolute Gasteiger partial charge is 0.133 e. The highest BCUT2D eigenvalue weighted by Gasteiger charge is 2.36. The molecule has 0 radical (unpaired) electrons. The van der Waals surface area contributed by atoms with Crippen LogP contribution in [0.4, 0.5) is 0 Å². The Morgan fingerprint density at radius 2 is 1.94 bits per heavy atom. The molecule has 84 valence electrons. The first-order valence-electron chi connectivity index (χ1n) is 5.60. The number of hydrogen-bond acceptors (Lipinski definition) is 2. The predicted molar refractivity (Wildman–Crippen MR) is 65.2 cm³/mol. The Balaban J connectivity index is 2.42. The molecule has 0 bridgehead atoms. The molecule has 0 amide bonds. The van der Waals surface area contributed by atoms with Crippen molar-refractivity contribution in [1.29, 1.82) is 5.26 Å². The first-order valence-corrected chi connectivity index (χ1v) is 5.97. The van der Waals surface area contributed by atoms with E-state index in [9.17, 15) is 5.26 Å². The molecular weight excluding hydrogens is 220 g/mol. The molecule has 1 aromatic rings. The van der Waals surface area contributed by atoms with Crippen LogP contribution in [0.5, 0.6) is 0 Å². The molecule has 1 aliphatic rings. The van der Waals surface area contributed by atoms with E-state index in [0.717, 1.165) is 18.7 Å². The zero-order valence-corrected chi connectivity index (χ0v) is 10.2. The number of likely N-dealkylation sites (tertiary alicyclic amines) is 1. The predicted octanol–water partition coefficient (Wildman–Crippen LogP) is 3.17. The summed E-state index contributed by atoms with van der Waals surface area (Å²) in [5.74, 6) is 0. The van der Waals surface area contributed by atoms with E-state index in [1.54, 1.807) is 0 Å². The number of nitriles is 1. The molecule has 1 heterocycles. The first kappa shape index (κ1) is 11.4. The van der Waals surface area contributed by atoms with Gasteiger partial charge in [0, 0.05) is 10.6 Å². The van der Waals surface area contributed by atoms with Crippen LogP contribution in [0, 0.1) is 11.3 Å². The van der Waals surface area contributed by atoms with Gasteiger partial charge >= 0.3 is 0 Å². The molecule has 0 N–H and O–H groups in total. The van der Waals surface area contributed by atoms with Crippen LogP contribution >= 0.6 is 11.6 Å². The fraction of sp³-hybridized carbons (Fsp3) is 0.462. The lowest BCUT2D eigenvalue weighted by Gasteiger charge is -2.33. The number of nitrogens with zero attached hydrogens (tertiary/aromatic N) is 2. The van der Waals surface area contributed by atoms with Crippen LogP contribution in [0.3, 0.4) is 0 Å². The third-order valence-corrected chi connectivity index (χ3v) is 3.68. The average Bonchev–Trinajstić information content (AvgIpc) is 2.82. The Bertz CT molecular complexity index is 418. The van der Waals surface area contributed by atoms with Crippen molar-refractivity contribution in [3.8, 4) is 6.07 Å². The minimum Gasteiger partial charge on any atom is -0.282 e. The van der Waals surface area contributed by atoms with Gasteiger partial charge in [0.25, 0.3) is 0 Å². The number of hydrogen-bond donors (Lipinski definition) is 0. The fourth-order valence-corrected chi connectivity index (χ4v) is 2.64. The first-order chi connectivity index (χ1) is 7.68. The summed E-state index contributed by atoms with van der Waals surface area (Å²) >= 11 is 6.19.